The van der Waals surface area contributed by atoms with E-state index < -0.39 is 74.1 Å². The lowest BCUT2D eigenvalue weighted by Gasteiger charge is -2.25. The highest BCUT2D eigenvalue weighted by atomic mass is 31.2. The summed E-state index contributed by atoms with van der Waals surface area (Å²) in [7, 11) is -5.00. The van der Waals surface area contributed by atoms with Gasteiger partial charge in [-0.3, -0.25) is 33.5 Å². The number of amides is 5. The number of nitrogens with zero attached hydrogens (tertiary/aromatic N) is 1. The van der Waals surface area contributed by atoms with Gasteiger partial charge in [-0.15, -0.1) is 0 Å². The van der Waals surface area contributed by atoms with Crippen molar-refractivity contribution < 1.29 is 42.8 Å². The molecule has 288 valence electrons. The maximum atomic E-state index is 14.0. The second-order valence-corrected chi connectivity index (χ2v) is 13.9. The minimum absolute atomic E-state index is 0.0297. The minimum atomic E-state index is -5.00. The van der Waals surface area contributed by atoms with Gasteiger partial charge in [-0.25, -0.2) is 4.57 Å². The van der Waals surface area contributed by atoms with E-state index in [1.54, 1.807) is 54.6 Å². The molecule has 18 heteroatoms. The van der Waals surface area contributed by atoms with Crippen molar-refractivity contribution in [2.45, 2.75) is 76.0 Å². The number of phosphoric acid groups is 1. The van der Waals surface area contributed by atoms with Gasteiger partial charge in [0.05, 0.1) is 18.6 Å². The molecule has 17 nitrogen and oxygen atoms in total. The monoisotopic (exact) mass is 756 g/mol. The molecule has 1 aliphatic carbocycles. The Morgan fingerprint density at radius 1 is 0.868 bits per heavy atom. The van der Waals surface area contributed by atoms with Crippen LogP contribution in [0.3, 0.4) is 0 Å². The van der Waals surface area contributed by atoms with Crippen molar-refractivity contribution in [3.05, 3.63) is 83.4 Å². The SMILES string of the molecule is CC(=O)N[C@@H](Cc1ccccc1)C(=O)N[C@@H](Cc1ccccc1)C(=O)N[C@H](/C=C1/CCC[C@H]1C(=O)N[C@@H](CCCN=C(N)N)C(N)=O)COP(=O)(O)O. The maximum Gasteiger partial charge on any atom is 0.469 e. The number of phosphoric ester groups is 1. The Bertz CT molecular complexity index is 1670. The lowest BCUT2D eigenvalue weighted by atomic mass is 9.98. The van der Waals surface area contributed by atoms with Crippen LogP contribution in [0.25, 0.3) is 0 Å². The fourth-order valence-corrected chi connectivity index (χ4v) is 6.27. The molecule has 0 radical (unpaired) electrons. The molecule has 53 heavy (non-hydrogen) atoms. The predicted molar refractivity (Wildman–Crippen MR) is 196 cm³/mol. The highest BCUT2D eigenvalue weighted by Gasteiger charge is 2.33. The topological polar surface area (TPSA) is 291 Å². The van der Waals surface area contributed by atoms with E-state index in [2.05, 4.69) is 26.3 Å². The van der Waals surface area contributed by atoms with Crippen molar-refractivity contribution in [3.8, 4) is 0 Å². The number of benzene rings is 2. The largest absolute Gasteiger partial charge is 0.469 e. The molecule has 2 aromatic rings. The van der Waals surface area contributed by atoms with E-state index in [0.717, 1.165) is 5.56 Å². The van der Waals surface area contributed by atoms with Crippen molar-refractivity contribution in [1.29, 1.82) is 0 Å². The van der Waals surface area contributed by atoms with Crippen molar-refractivity contribution in [2.24, 2.45) is 28.1 Å². The zero-order chi connectivity index (χ0) is 39.0. The molecule has 1 aliphatic rings. The summed E-state index contributed by atoms with van der Waals surface area (Å²) < 4.78 is 16.5. The summed E-state index contributed by atoms with van der Waals surface area (Å²) in [6.07, 6.45) is 3.61. The van der Waals surface area contributed by atoms with Crippen molar-refractivity contribution in [1.82, 2.24) is 21.3 Å². The van der Waals surface area contributed by atoms with Crippen LogP contribution >= 0.6 is 7.82 Å². The Labute approximate surface area is 307 Å². The predicted octanol–water partition coefficient (Wildman–Crippen LogP) is -0.194. The number of nitrogens with two attached hydrogens (primary N) is 3. The molecule has 2 aromatic carbocycles. The second-order valence-electron chi connectivity index (χ2n) is 12.7. The van der Waals surface area contributed by atoms with Gasteiger partial charge in [0.15, 0.2) is 5.96 Å². The number of carbonyl (C=O) groups excluding carboxylic acids is 5. The lowest BCUT2D eigenvalue weighted by molar-refractivity contribution is -0.131. The molecule has 0 aromatic heterocycles. The number of guanidine groups is 1. The Kier molecular flexibility index (Phi) is 16.6. The van der Waals surface area contributed by atoms with Crippen LogP contribution in [0.5, 0.6) is 0 Å². The quantitative estimate of drug-likeness (QED) is 0.0280. The van der Waals surface area contributed by atoms with Crippen LogP contribution < -0.4 is 38.5 Å². The Morgan fingerprint density at radius 3 is 1.96 bits per heavy atom. The molecule has 1 fully saturated rings. The van der Waals surface area contributed by atoms with Crippen molar-refractivity contribution in [2.75, 3.05) is 13.2 Å². The van der Waals surface area contributed by atoms with Gasteiger partial charge in [0.1, 0.15) is 18.1 Å². The second kappa shape index (κ2) is 20.8. The fraction of sp³-hybridized carbons (Fsp3) is 0.429. The van der Waals surface area contributed by atoms with Crippen LogP contribution in [0.15, 0.2) is 77.3 Å². The van der Waals surface area contributed by atoms with E-state index >= 15 is 0 Å². The first-order valence-corrected chi connectivity index (χ1v) is 18.7. The third-order valence-corrected chi connectivity index (χ3v) is 8.87. The molecule has 5 amide bonds. The van der Waals surface area contributed by atoms with Gasteiger partial charge in [0.2, 0.25) is 29.5 Å². The molecule has 3 rings (SSSR count). The summed E-state index contributed by atoms with van der Waals surface area (Å²) in [5.74, 6) is -3.87. The Morgan fingerprint density at radius 2 is 1.43 bits per heavy atom. The van der Waals surface area contributed by atoms with Crippen LogP contribution in [0, 0.1) is 5.92 Å². The highest BCUT2D eigenvalue weighted by Crippen LogP contribution is 2.36. The molecule has 1 saturated carbocycles. The summed E-state index contributed by atoms with van der Waals surface area (Å²) in [5, 5.41) is 10.8. The number of rotatable bonds is 20. The van der Waals surface area contributed by atoms with Crippen LogP contribution in [0.2, 0.25) is 0 Å². The molecule has 0 unspecified atom stereocenters. The molecule has 0 saturated heterocycles. The summed E-state index contributed by atoms with van der Waals surface area (Å²) in [5.41, 5.74) is 18.2. The number of hydrogen-bond donors (Lipinski definition) is 9. The Hall–Kier alpha value is -5.09. The van der Waals surface area contributed by atoms with Gasteiger partial charge in [-0.2, -0.15) is 0 Å². The summed E-state index contributed by atoms with van der Waals surface area (Å²) in [6.45, 7) is 0.833. The molecule has 0 spiro atoms. The highest BCUT2D eigenvalue weighted by molar-refractivity contribution is 7.46. The molecule has 12 N–H and O–H groups in total. The summed E-state index contributed by atoms with van der Waals surface area (Å²) >= 11 is 0. The van der Waals surface area contributed by atoms with Gasteiger partial charge >= 0.3 is 7.82 Å². The van der Waals surface area contributed by atoms with E-state index in [1.165, 1.54) is 13.0 Å². The first kappa shape index (κ1) is 42.3. The van der Waals surface area contributed by atoms with Crippen molar-refractivity contribution in [3.63, 3.8) is 0 Å². The van der Waals surface area contributed by atoms with E-state index in [-0.39, 0.29) is 31.8 Å². The first-order valence-electron chi connectivity index (χ1n) is 17.1. The van der Waals surface area contributed by atoms with Crippen LogP contribution in [-0.4, -0.2) is 82.6 Å². The van der Waals surface area contributed by atoms with E-state index in [0.29, 0.717) is 36.8 Å². The van der Waals surface area contributed by atoms with Crippen LogP contribution in [0.4, 0.5) is 0 Å². The molecular weight excluding hydrogens is 707 g/mol. The third kappa shape index (κ3) is 15.6. The van der Waals surface area contributed by atoms with Gasteiger partial charge in [-0.05, 0) is 43.2 Å². The van der Waals surface area contributed by atoms with Gasteiger partial charge in [0, 0.05) is 26.3 Å². The number of nitrogens with one attached hydrogen (secondary N) is 4. The maximum absolute atomic E-state index is 14.0. The van der Waals surface area contributed by atoms with Gasteiger partial charge in [0.25, 0.3) is 0 Å². The smallest absolute Gasteiger partial charge is 0.370 e. The number of hydrogen-bond acceptors (Lipinski definition) is 8. The average Bonchev–Trinajstić information content (AvgIpc) is 3.56. The van der Waals surface area contributed by atoms with E-state index in [4.69, 9.17) is 21.7 Å². The third-order valence-electron chi connectivity index (χ3n) is 8.38. The minimum Gasteiger partial charge on any atom is -0.370 e. The van der Waals surface area contributed by atoms with Gasteiger partial charge < -0.3 is 48.3 Å². The molecule has 0 aliphatic heterocycles. The molecular formula is C35H49N8O9P. The zero-order valence-electron chi connectivity index (χ0n) is 29.5. The number of aliphatic imine (C=N–C) groups is 1. The van der Waals surface area contributed by atoms with Crippen LogP contribution in [-0.2, 0) is 45.9 Å². The summed E-state index contributed by atoms with van der Waals surface area (Å²) in [4.78, 5) is 88.0. The summed E-state index contributed by atoms with van der Waals surface area (Å²) in [6, 6.07) is 13.5. The normalized spacial score (nSPS) is 17.1. The first-order chi connectivity index (χ1) is 25.1. The van der Waals surface area contributed by atoms with Crippen molar-refractivity contribution >= 4 is 43.3 Å². The average molecular weight is 757 g/mol. The fourth-order valence-electron chi connectivity index (χ4n) is 5.92. The molecule has 5 atom stereocenters. The standard InChI is InChI=1S/C35H49N8O9P/c1-22(44)40-29(18-23-10-4-2-5-11-23)34(48)43-30(19-24-12-6-3-7-13-24)33(47)41-26(21-52-53(49,50)51)20-25-14-8-15-27(25)32(46)42-28(31(36)45)16-9-17-39-35(37)38/h2-7,10-13,20,26-30H,8-9,14-19,21H2,1H3,(H2,36,45)(H,40,44)(H,41,47)(H,42,46)(H,43,48)(H4,37,38,39)(H2,49,50,51)/b25-20-/t26-,27-,28+,29+,30+/m1/s1. The van der Waals surface area contributed by atoms with Gasteiger partial charge in [-0.1, -0.05) is 72.3 Å². The van der Waals surface area contributed by atoms with Crippen LogP contribution in [0.1, 0.15) is 50.2 Å². The lowest BCUT2D eigenvalue weighted by Crippen LogP contribution is -2.56. The Balaban J connectivity index is 1.85. The molecule has 0 bridgehead atoms. The number of carbonyl (C=O) groups is 5. The van der Waals surface area contributed by atoms with E-state index in [1.807, 2.05) is 6.07 Å². The van der Waals surface area contributed by atoms with E-state index in [9.17, 15) is 38.3 Å². The zero-order valence-corrected chi connectivity index (χ0v) is 30.4. The molecule has 0 heterocycles. The number of primary amides is 1.